The fourth-order valence-electron chi connectivity index (χ4n) is 1.88. The molecular weight excluding hydrogens is 272 g/mol. The van der Waals surface area contributed by atoms with Gasteiger partial charge in [0.1, 0.15) is 0 Å². The minimum absolute atomic E-state index is 0.195. The number of amides is 1. The highest BCUT2D eigenvalue weighted by Gasteiger charge is 2.03. The molecule has 0 aliphatic rings. The van der Waals surface area contributed by atoms with Crippen LogP contribution in [0, 0.1) is 6.92 Å². The zero-order valence-electron chi connectivity index (χ0n) is 12.9. The van der Waals surface area contributed by atoms with Gasteiger partial charge in [-0.1, -0.05) is 61.0 Å². The predicted octanol–water partition coefficient (Wildman–Crippen LogP) is 4.20. The minimum atomic E-state index is -0.195. The lowest BCUT2D eigenvalue weighted by atomic mass is 10.1. The molecule has 0 heterocycles. The third-order valence-corrected chi connectivity index (χ3v) is 3.24. The third kappa shape index (κ3) is 4.70. The number of carbonyl (C=O) groups is 1. The Kier molecular flexibility index (Phi) is 5.66. The van der Waals surface area contributed by atoms with Crippen molar-refractivity contribution in [3.05, 3.63) is 77.4 Å². The number of allylic oxidation sites excluding steroid dienone is 1. The van der Waals surface area contributed by atoms with Crippen molar-refractivity contribution in [2.45, 2.75) is 20.3 Å². The van der Waals surface area contributed by atoms with Crippen molar-refractivity contribution >= 4 is 17.7 Å². The summed E-state index contributed by atoms with van der Waals surface area (Å²) in [7, 11) is 0. The molecule has 0 saturated heterocycles. The third-order valence-electron chi connectivity index (χ3n) is 3.24. The highest BCUT2D eigenvalue weighted by atomic mass is 16.2. The lowest BCUT2D eigenvalue weighted by Gasteiger charge is -2.02. The molecule has 0 radical (unpaired) electrons. The molecule has 22 heavy (non-hydrogen) atoms. The van der Waals surface area contributed by atoms with Crippen LogP contribution in [0.15, 0.2) is 65.8 Å². The summed E-state index contributed by atoms with van der Waals surface area (Å²) in [5.41, 5.74) is 6.27. The molecule has 3 heteroatoms. The number of nitrogens with zero attached hydrogens (tertiary/aromatic N) is 1. The zero-order valence-corrected chi connectivity index (χ0v) is 12.9. The van der Waals surface area contributed by atoms with Crippen molar-refractivity contribution in [2.24, 2.45) is 5.10 Å². The maximum Gasteiger partial charge on any atom is 0.271 e. The molecule has 0 aliphatic heterocycles. The average Bonchev–Trinajstić information content (AvgIpc) is 2.56. The number of benzene rings is 2. The summed E-state index contributed by atoms with van der Waals surface area (Å²) in [6.07, 6.45) is 4.66. The normalized spacial score (nSPS) is 11.6. The van der Waals surface area contributed by atoms with Crippen molar-refractivity contribution in [1.82, 2.24) is 5.43 Å². The Labute approximate surface area is 131 Å². The van der Waals surface area contributed by atoms with Crippen molar-refractivity contribution < 1.29 is 4.79 Å². The van der Waals surface area contributed by atoms with Crippen molar-refractivity contribution in [3.8, 4) is 0 Å². The van der Waals surface area contributed by atoms with Crippen molar-refractivity contribution in [3.63, 3.8) is 0 Å². The Morgan fingerprint density at radius 2 is 1.77 bits per heavy atom. The van der Waals surface area contributed by atoms with Crippen LogP contribution in [0.25, 0.3) is 6.08 Å². The molecule has 1 N–H and O–H groups in total. The second-order valence-corrected chi connectivity index (χ2v) is 5.01. The van der Waals surface area contributed by atoms with Gasteiger partial charge in [0.2, 0.25) is 0 Å². The largest absolute Gasteiger partial charge is 0.271 e. The summed E-state index contributed by atoms with van der Waals surface area (Å²) >= 11 is 0. The summed E-state index contributed by atoms with van der Waals surface area (Å²) < 4.78 is 0. The Bertz CT molecular complexity index is 670. The topological polar surface area (TPSA) is 41.5 Å². The van der Waals surface area contributed by atoms with E-state index in [1.54, 1.807) is 12.1 Å². The number of hydrogen-bond donors (Lipinski definition) is 1. The highest BCUT2D eigenvalue weighted by Crippen LogP contribution is 2.04. The Morgan fingerprint density at radius 1 is 1.09 bits per heavy atom. The van der Waals surface area contributed by atoms with Gasteiger partial charge in [0, 0.05) is 5.56 Å². The fourth-order valence-corrected chi connectivity index (χ4v) is 1.88. The molecular formula is C19H20N2O. The predicted molar refractivity (Wildman–Crippen MR) is 91.8 cm³/mol. The quantitative estimate of drug-likeness (QED) is 0.651. The van der Waals surface area contributed by atoms with Crippen LogP contribution in [-0.2, 0) is 0 Å². The lowest BCUT2D eigenvalue weighted by Crippen LogP contribution is -2.19. The first-order chi connectivity index (χ1) is 10.7. The van der Waals surface area contributed by atoms with Crippen LogP contribution >= 0.6 is 0 Å². The molecule has 0 atom stereocenters. The van der Waals surface area contributed by atoms with Gasteiger partial charge in [-0.05, 0) is 37.1 Å². The van der Waals surface area contributed by atoms with Gasteiger partial charge < -0.3 is 0 Å². The standard InChI is InChI=1S/C19H20N2O/c1-3-18(14-11-16-7-5-4-6-8-16)20-21-19(22)17-12-9-15(2)10-13-17/h4-14H,3H2,1-2H3,(H,21,22). The summed E-state index contributed by atoms with van der Waals surface area (Å²) in [5.74, 6) is -0.195. The summed E-state index contributed by atoms with van der Waals surface area (Å²) in [5, 5.41) is 4.19. The molecule has 0 fully saturated rings. The van der Waals surface area contributed by atoms with E-state index >= 15 is 0 Å². The second kappa shape index (κ2) is 7.93. The number of rotatable bonds is 5. The van der Waals surface area contributed by atoms with Gasteiger partial charge in [0.05, 0.1) is 5.71 Å². The molecule has 0 unspecified atom stereocenters. The van der Waals surface area contributed by atoms with Gasteiger partial charge in [-0.15, -0.1) is 0 Å². The molecule has 3 nitrogen and oxygen atoms in total. The highest BCUT2D eigenvalue weighted by molar-refractivity contribution is 6.00. The zero-order chi connectivity index (χ0) is 15.8. The van der Waals surface area contributed by atoms with Crippen molar-refractivity contribution in [1.29, 1.82) is 0 Å². The molecule has 2 aromatic rings. The molecule has 0 spiro atoms. The van der Waals surface area contributed by atoms with E-state index in [1.165, 1.54) is 0 Å². The van der Waals surface area contributed by atoms with E-state index in [9.17, 15) is 4.79 Å². The van der Waals surface area contributed by atoms with Crippen LogP contribution in [0.4, 0.5) is 0 Å². The van der Waals surface area contributed by atoms with E-state index in [4.69, 9.17) is 0 Å². The van der Waals surface area contributed by atoms with E-state index in [2.05, 4.69) is 10.5 Å². The smallest absolute Gasteiger partial charge is 0.267 e. The number of hydrazone groups is 1. The summed E-state index contributed by atoms with van der Waals surface area (Å²) in [6.45, 7) is 4.00. The van der Waals surface area contributed by atoms with Crippen LogP contribution < -0.4 is 5.43 Å². The molecule has 2 rings (SSSR count). The van der Waals surface area contributed by atoms with E-state index in [0.29, 0.717) is 5.56 Å². The SMILES string of the molecule is CCC(C=Cc1ccccc1)=NNC(=O)c1ccc(C)cc1. The number of nitrogens with one attached hydrogen (secondary N) is 1. The van der Waals surface area contributed by atoms with Crippen LogP contribution in [0.5, 0.6) is 0 Å². The maximum absolute atomic E-state index is 12.0. The molecule has 0 aliphatic carbocycles. The van der Waals surface area contributed by atoms with Crippen LogP contribution in [-0.4, -0.2) is 11.6 Å². The molecule has 1 amide bonds. The van der Waals surface area contributed by atoms with Crippen LogP contribution in [0.2, 0.25) is 0 Å². The number of hydrogen-bond acceptors (Lipinski definition) is 2. The van der Waals surface area contributed by atoms with E-state index < -0.39 is 0 Å². The number of aryl methyl sites for hydroxylation is 1. The molecule has 0 saturated carbocycles. The molecule has 0 bridgehead atoms. The summed E-state index contributed by atoms with van der Waals surface area (Å²) in [6, 6.07) is 17.4. The van der Waals surface area contributed by atoms with Crippen LogP contribution in [0.3, 0.4) is 0 Å². The van der Waals surface area contributed by atoms with E-state index in [-0.39, 0.29) is 5.91 Å². The first-order valence-corrected chi connectivity index (χ1v) is 7.35. The maximum atomic E-state index is 12.0. The first-order valence-electron chi connectivity index (χ1n) is 7.35. The lowest BCUT2D eigenvalue weighted by molar-refractivity contribution is 0.0955. The minimum Gasteiger partial charge on any atom is -0.267 e. The second-order valence-electron chi connectivity index (χ2n) is 5.01. The van der Waals surface area contributed by atoms with Gasteiger partial charge in [-0.25, -0.2) is 5.43 Å². The van der Waals surface area contributed by atoms with Gasteiger partial charge in [0.15, 0.2) is 0 Å². The Balaban J connectivity index is 2.01. The Morgan fingerprint density at radius 3 is 2.41 bits per heavy atom. The van der Waals surface area contributed by atoms with Gasteiger partial charge >= 0.3 is 0 Å². The van der Waals surface area contributed by atoms with Gasteiger partial charge in [-0.2, -0.15) is 5.10 Å². The Hall–Kier alpha value is -2.68. The fraction of sp³-hybridized carbons (Fsp3) is 0.158. The number of carbonyl (C=O) groups excluding carboxylic acids is 1. The van der Waals surface area contributed by atoms with Crippen molar-refractivity contribution in [2.75, 3.05) is 0 Å². The molecule has 112 valence electrons. The first kappa shape index (κ1) is 15.7. The molecule has 0 aromatic heterocycles. The van der Waals surface area contributed by atoms with Crippen LogP contribution in [0.1, 0.15) is 34.8 Å². The van der Waals surface area contributed by atoms with Gasteiger partial charge in [-0.3, -0.25) is 4.79 Å². The summed E-state index contributed by atoms with van der Waals surface area (Å²) in [4.78, 5) is 12.0. The average molecular weight is 292 g/mol. The monoisotopic (exact) mass is 292 g/mol. The molecule has 2 aromatic carbocycles. The van der Waals surface area contributed by atoms with Gasteiger partial charge in [0.25, 0.3) is 5.91 Å². The van der Waals surface area contributed by atoms with E-state index in [1.807, 2.05) is 68.5 Å². The van der Waals surface area contributed by atoms with E-state index in [0.717, 1.165) is 23.3 Å².